The number of ether oxygens (including phenoxy) is 1. The summed E-state index contributed by atoms with van der Waals surface area (Å²) in [5, 5.41) is 12.1. The number of aliphatic hydroxyl groups excluding tert-OH is 1. The molecular weight excluding hydrogens is 620 g/mol. The molecule has 240 valence electrons. The standard InChI is InChI=1S/C29H36ClF2N5O6S/c1-28(2,3)43-27(40)33-20-16-26(39)37(17-20)21-4-6-23(7-5-21)44(41,42)36-10-8-35(9-11-36)25-15-19(14-24(30)34-25)29(31,32)18-12-22(38)13-18/h4-7,14-15,18,20,22,38H,8-13,16-17H2,1-3H3,(H,33,40)/t18-,20-,22-/m1/s1. The van der Waals surface area contributed by atoms with E-state index >= 15 is 8.78 Å². The van der Waals surface area contributed by atoms with Crippen molar-refractivity contribution in [3.05, 3.63) is 47.1 Å². The zero-order chi connectivity index (χ0) is 32.0. The third-order valence-electron chi connectivity index (χ3n) is 7.99. The number of aromatic nitrogens is 1. The zero-order valence-electron chi connectivity index (χ0n) is 24.7. The van der Waals surface area contributed by atoms with Crippen LogP contribution in [0.3, 0.4) is 0 Å². The lowest BCUT2D eigenvalue weighted by atomic mass is 9.76. The molecule has 11 nitrogen and oxygen atoms in total. The number of halogens is 3. The van der Waals surface area contributed by atoms with Crippen molar-refractivity contribution in [3.63, 3.8) is 0 Å². The van der Waals surface area contributed by atoms with Crippen molar-refractivity contribution in [2.24, 2.45) is 5.92 Å². The number of anilines is 2. The Morgan fingerprint density at radius 2 is 1.73 bits per heavy atom. The van der Waals surface area contributed by atoms with Crippen LogP contribution >= 0.6 is 11.6 Å². The minimum atomic E-state index is -3.88. The third-order valence-corrected chi connectivity index (χ3v) is 10.1. The molecule has 0 radical (unpaired) electrons. The number of piperazine rings is 1. The van der Waals surface area contributed by atoms with Crippen LogP contribution in [0.25, 0.3) is 0 Å². The Labute approximate surface area is 260 Å². The average Bonchev–Trinajstić information content (AvgIpc) is 3.29. The number of alkyl halides is 2. The van der Waals surface area contributed by atoms with Crippen LogP contribution in [0.4, 0.5) is 25.1 Å². The van der Waals surface area contributed by atoms with E-state index in [0.29, 0.717) is 5.69 Å². The number of nitrogens with one attached hydrogen (secondary N) is 1. The molecule has 3 heterocycles. The first-order chi connectivity index (χ1) is 20.5. The van der Waals surface area contributed by atoms with Crippen molar-refractivity contribution in [2.75, 3.05) is 42.5 Å². The average molecular weight is 656 g/mol. The predicted octanol–water partition coefficient (Wildman–Crippen LogP) is 3.74. The summed E-state index contributed by atoms with van der Waals surface area (Å²) in [6.07, 6.45) is -1.22. The molecule has 3 fully saturated rings. The molecule has 2 aromatic rings. The summed E-state index contributed by atoms with van der Waals surface area (Å²) in [4.78, 5) is 32.2. The maximum atomic E-state index is 15.0. The maximum absolute atomic E-state index is 15.0. The highest BCUT2D eigenvalue weighted by atomic mass is 35.5. The number of hydrogen-bond donors (Lipinski definition) is 2. The van der Waals surface area contributed by atoms with Crippen LogP contribution in [0.1, 0.15) is 45.6 Å². The molecule has 3 aliphatic rings. The van der Waals surface area contributed by atoms with Gasteiger partial charge in [0.15, 0.2) is 0 Å². The molecule has 2 saturated heterocycles. The van der Waals surface area contributed by atoms with Crippen LogP contribution in [0.15, 0.2) is 41.3 Å². The molecule has 1 aromatic heterocycles. The second-order valence-electron chi connectivity index (χ2n) is 12.4. The Hall–Kier alpha value is -3.07. The minimum Gasteiger partial charge on any atom is -0.444 e. The molecule has 44 heavy (non-hydrogen) atoms. The van der Waals surface area contributed by atoms with Gasteiger partial charge in [0.2, 0.25) is 15.9 Å². The van der Waals surface area contributed by atoms with Gasteiger partial charge in [-0.05, 0) is 70.0 Å². The Bertz CT molecular complexity index is 1510. The SMILES string of the molecule is CC(C)(C)OC(=O)N[C@@H]1CC(=O)N(c2ccc(S(=O)(=O)N3CCN(c4cc(C(F)(F)[C@H]5C[C@H](O)C5)cc(Cl)n4)CC3)cc2)C1. The number of amides is 2. The van der Waals surface area contributed by atoms with Crippen LogP contribution < -0.4 is 15.1 Å². The van der Waals surface area contributed by atoms with Gasteiger partial charge in [0.1, 0.15) is 16.6 Å². The summed E-state index contributed by atoms with van der Waals surface area (Å²) in [5.74, 6) is -4.12. The number of hydrogen-bond acceptors (Lipinski definition) is 8. The Kier molecular flexibility index (Phi) is 8.84. The number of aliphatic hydroxyl groups is 1. The quantitative estimate of drug-likeness (QED) is 0.432. The van der Waals surface area contributed by atoms with E-state index in [1.165, 1.54) is 27.4 Å². The maximum Gasteiger partial charge on any atom is 0.407 e. The number of alkyl carbamates (subject to hydrolysis) is 1. The second kappa shape index (κ2) is 12.0. The fourth-order valence-electron chi connectivity index (χ4n) is 5.59. The molecule has 1 aromatic carbocycles. The van der Waals surface area contributed by atoms with Gasteiger partial charge in [-0.25, -0.2) is 27.0 Å². The van der Waals surface area contributed by atoms with Gasteiger partial charge < -0.3 is 25.0 Å². The van der Waals surface area contributed by atoms with E-state index in [1.807, 2.05) is 0 Å². The summed E-state index contributed by atoms with van der Waals surface area (Å²) >= 11 is 6.10. The van der Waals surface area contributed by atoms with E-state index in [4.69, 9.17) is 16.3 Å². The summed E-state index contributed by atoms with van der Waals surface area (Å²) in [6, 6.07) is 7.94. The first-order valence-electron chi connectivity index (χ1n) is 14.4. The van der Waals surface area contributed by atoms with E-state index in [-0.39, 0.29) is 79.3 Å². The van der Waals surface area contributed by atoms with Crippen LogP contribution in [0.5, 0.6) is 0 Å². The lowest BCUT2D eigenvalue weighted by Crippen LogP contribution is -2.49. The van der Waals surface area contributed by atoms with Crippen LogP contribution in [0.2, 0.25) is 5.15 Å². The van der Waals surface area contributed by atoms with E-state index < -0.39 is 45.7 Å². The molecule has 5 rings (SSSR count). The number of sulfonamides is 1. The molecule has 2 amide bonds. The monoisotopic (exact) mass is 655 g/mol. The van der Waals surface area contributed by atoms with Gasteiger partial charge in [-0.1, -0.05) is 11.6 Å². The molecule has 2 aliphatic heterocycles. The van der Waals surface area contributed by atoms with Gasteiger partial charge in [0.25, 0.3) is 5.92 Å². The molecule has 0 unspecified atom stereocenters. The number of rotatable bonds is 7. The fraction of sp³-hybridized carbons (Fsp3) is 0.552. The van der Waals surface area contributed by atoms with Gasteiger partial charge in [-0.2, -0.15) is 4.31 Å². The molecule has 0 spiro atoms. The lowest BCUT2D eigenvalue weighted by Gasteiger charge is -2.38. The van der Waals surface area contributed by atoms with Crippen molar-refractivity contribution in [3.8, 4) is 0 Å². The number of carbonyl (C=O) groups is 2. The van der Waals surface area contributed by atoms with Crippen molar-refractivity contribution >= 4 is 45.1 Å². The van der Waals surface area contributed by atoms with Crippen molar-refractivity contribution in [1.82, 2.24) is 14.6 Å². The Balaban J connectivity index is 1.20. The first-order valence-corrected chi connectivity index (χ1v) is 16.2. The number of benzene rings is 1. The Morgan fingerprint density at radius 3 is 2.32 bits per heavy atom. The molecule has 1 atom stereocenters. The first kappa shape index (κ1) is 32.3. The summed E-state index contributed by atoms with van der Waals surface area (Å²) in [5.41, 5.74) is -0.444. The van der Waals surface area contributed by atoms with Gasteiger partial charge in [-0.3, -0.25) is 4.79 Å². The highest BCUT2D eigenvalue weighted by molar-refractivity contribution is 7.89. The smallest absolute Gasteiger partial charge is 0.407 e. The van der Waals surface area contributed by atoms with E-state index in [1.54, 1.807) is 37.8 Å². The number of pyridine rings is 1. The van der Waals surface area contributed by atoms with Gasteiger partial charge in [-0.15, -0.1) is 0 Å². The number of nitrogens with zero attached hydrogens (tertiary/aromatic N) is 4. The molecule has 1 aliphatic carbocycles. The Morgan fingerprint density at radius 1 is 1.09 bits per heavy atom. The summed E-state index contributed by atoms with van der Waals surface area (Å²) in [7, 11) is -3.88. The molecule has 2 N–H and O–H groups in total. The highest BCUT2D eigenvalue weighted by Crippen LogP contribution is 2.47. The summed E-state index contributed by atoms with van der Waals surface area (Å²) in [6.45, 7) is 6.08. The van der Waals surface area contributed by atoms with Gasteiger partial charge in [0.05, 0.1) is 17.0 Å². The third kappa shape index (κ3) is 6.93. The fourth-order valence-corrected chi connectivity index (χ4v) is 7.22. The van der Waals surface area contributed by atoms with Crippen molar-refractivity contribution in [1.29, 1.82) is 0 Å². The van der Waals surface area contributed by atoms with Crippen molar-refractivity contribution in [2.45, 2.75) is 68.6 Å². The van der Waals surface area contributed by atoms with Crippen LogP contribution in [-0.4, -0.2) is 85.3 Å². The van der Waals surface area contributed by atoms with Gasteiger partial charge in [0, 0.05) is 56.3 Å². The molecule has 15 heteroatoms. The second-order valence-corrected chi connectivity index (χ2v) is 14.7. The summed E-state index contributed by atoms with van der Waals surface area (Å²) < 4.78 is 63.4. The predicted molar refractivity (Wildman–Crippen MR) is 159 cm³/mol. The van der Waals surface area contributed by atoms with E-state index in [2.05, 4.69) is 10.3 Å². The van der Waals surface area contributed by atoms with E-state index in [0.717, 1.165) is 6.07 Å². The normalized spacial score (nSPS) is 23.4. The minimum absolute atomic E-state index is 0.0138. The largest absolute Gasteiger partial charge is 0.444 e. The molecular formula is C29H36ClF2N5O6S. The topological polar surface area (TPSA) is 132 Å². The van der Waals surface area contributed by atoms with Crippen LogP contribution in [0, 0.1) is 5.92 Å². The van der Waals surface area contributed by atoms with E-state index in [9.17, 15) is 23.1 Å². The highest BCUT2D eigenvalue weighted by Gasteiger charge is 2.48. The zero-order valence-corrected chi connectivity index (χ0v) is 26.2. The number of carbonyl (C=O) groups excluding carboxylic acids is 2. The van der Waals surface area contributed by atoms with Gasteiger partial charge >= 0.3 is 6.09 Å². The van der Waals surface area contributed by atoms with Crippen molar-refractivity contribution < 1.29 is 36.6 Å². The molecule has 0 bridgehead atoms. The molecule has 1 saturated carbocycles. The van der Waals surface area contributed by atoms with Crippen LogP contribution in [-0.2, 0) is 25.5 Å². The lowest BCUT2D eigenvalue weighted by molar-refractivity contribution is -0.132.